The smallest absolute Gasteiger partial charge is 0.0444 e. The lowest BCUT2D eigenvalue weighted by Crippen LogP contribution is -2.21. The molecule has 0 aliphatic heterocycles. The zero-order valence-electron chi connectivity index (χ0n) is 5.88. The molecule has 3 heteroatoms. The van der Waals surface area contributed by atoms with E-state index in [2.05, 4.69) is 0 Å². The molecule has 0 bridgehead atoms. The van der Waals surface area contributed by atoms with Crippen molar-refractivity contribution in [3.63, 3.8) is 0 Å². The molecule has 0 rings (SSSR count). The predicted octanol–water partition coefficient (Wildman–Crippen LogP) is 0.470. The normalized spacial score (nSPS) is 10.7. The van der Waals surface area contributed by atoms with Crippen molar-refractivity contribution in [1.29, 1.82) is 0 Å². The van der Waals surface area contributed by atoms with Crippen molar-refractivity contribution >= 4 is 0 Å². The van der Waals surface area contributed by atoms with Gasteiger partial charge in [-0.1, -0.05) is 6.92 Å². The van der Waals surface area contributed by atoms with Crippen molar-refractivity contribution in [3.05, 3.63) is 0 Å². The summed E-state index contributed by atoms with van der Waals surface area (Å²) in [7, 11) is 0. The Bertz CT molecular complexity index is 59.0. The maximum absolute atomic E-state index is 8.90. The molecule has 56 valence electrons. The Balaban J connectivity index is 2.95. The maximum Gasteiger partial charge on any atom is 0.0444 e. The Morgan fingerprint density at radius 1 is 1.33 bits per heavy atom. The molecule has 0 saturated carbocycles. The molecule has 0 amide bonds. The highest BCUT2D eigenvalue weighted by atomic mass is 16.5. The molecule has 0 radical (unpaired) electrons. The van der Waals surface area contributed by atoms with Crippen LogP contribution in [0, 0.1) is 0 Å². The van der Waals surface area contributed by atoms with E-state index in [9.17, 15) is 0 Å². The molecular weight excluding hydrogens is 118 g/mol. The third kappa shape index (κ3) is 5.76. The first kappa shape index (κ1) is 8.88. The standard InChI is InChI=1S/C6H15NO2/c1-2-4-7(9)5-3-6-8/h8-9H,2-6H2,1H3. The highest BCUT2D eigenvalue weighted by Crippen LogP contribution is 1.87. The van der Waals surface area contributed by atoms with Crippen LogP contribution in [0.25, 0.3) is 0 Å². The average molecular weight is 133 g/mol. The van der Waals surface area contributed by atoms with Gasteiger partial charge < -0.3 is 10.3 Å². The molecule has 0 saturated heterocycles. The number of hydrogen-bond donors (Lipinski definition) is 2. The number of aliphatic hydroxyl groups excluding tert-OH is 1. The molecule has 0 heterocycles. The molecule has 0 aromatic rings. The van der Waals surface area contributed by atoms with Crippen LogP contribution in [-0.4, -0.2) is 35.1 Å². The molecular formula is C6H15NO2. The van der Waals surface area contributed by atoms with Crippen molar-refractivity contribution < 1.29 is 10.3 Å². The van der Waals surface area contributed by atoms with Gasteiger partial charge in [0.25, 0.3) is 0 Å². The van der Waals surface area contributed by atoms with E-state index in [4.69, 9.17) is 10.3 Å². The van der Waals surface area contributed by atoms with Crippen molar-refractivity contribution in [1.82, 2.24) is 5.06 Å². The zero-order valence-corrected chi connectivity index (χ0v) is 5.88. The van der Waals surface area contributed by atoms with Gasteiger partial charge in [-0.25, -0.2) is 0 Å². The fourth-order valence-corrected chi connectivity index (χ4v) is 0.623. The second-order valence-corrected chi connectivity index (χ2v) is 2.03. The maximum atomic E-state index is 8.90. The Kier molecular flexibility index (Phi) is 5.93. The van der Waals surface area contributed by atoms with E-state index in [1.807, 2.05) is 6.92 Å². The molecule has 2 N–H and O–H groups in total. The fraction of sp³-hybridized carbons (Fsp3) is 1.00. The van der Waals surface area contributed by atoms with E-state index in [1.165, 1.54) is 5.06 Å². The van der Waals surface area contributed by atoms with Crippen LogP contribution in [0.4, 0.5) is 0 Å². The first-order valence-electron chi connectivity index (χ1n) is 3.36. The number of hydroxylamine groups is 2. The SMILES string of the molecule is CCCN(O)CCCO. The second kappa shape index (κ2) is 6.01. The van der Waals surface area contributed by atoms with Crippen LogP contribution in [0.5, 0.6) is 0 Å². The first-order chi connectivity index (χ1) is 4.31. The summed E-state index contributed by atoms with van der Waals surface area (Å²) in [6.07, 6.45) is 1.60. The Hall–Kier alpha value is -0.120. The Morgan fingerprint density at radius 2 is 2.00 bits per heavy atom. The number of aliphatic hydroxyl groups is 1. The van der Waals surface area contributed by atoms with Gasteiger partial charge in [0.15, 0.2) is 0 Å². The molecule has 3 nitrogen and oxygen atoms in total. The topological polar surface area (TPSA) is 43.7 Å². The first-order valence-corrected chi connectivity index (χ1v) is 3.36. The van der Waals surface area contributed by atoms with Crippen LogP contribution in [0.3, 0.4) is 0 Å². The summed E-state index contributed by atoms with van der Waals surface area (Å²) in [5.41, 5.74) is 0. The van der Waals surface area contributed by atoms with Crippen molar-refractivity contribution in [2.24, 2.45) is 0 Å². The van der Waals surface area contributed by atoms with E-state index in [1.54, 1.807) is 0 Å². The molecule has 0 aromatic heterocycles. The van der Waals surface area contributed by atoms with Gasteiger partial charge in [0, 0.05) is 19.7 Å². The number of hydrogen-bond acceptors (Lipinski definition) is 3. The lowest BCUT2D eigenvalue weighted by molar-refractivity contribution is -0.0928. The predicted molar refractivity (Wildman–Crippen MR) is 35.4 cm³/mol. The minimum Gasteiger partial charge on any atom is -0.396 e. The summed E-state index contributed by atoms with van der Waals surface area (Å²) in [6.45, 7) is 3.42. The summed E-state index contributed by atoms with van der Waals surface area (Å²) in [5.74, 6) is 0. The molecule has 0 aliphatic carbocycles. The highest BCUT2D eigenvalue weighted by Gasteiger charge is 1.95. The van der Waals surface area contributed by atoms with Crippen molar-refractivity contribution in [2.45, 2.75) is 19.8 Å². The lowest BCUT2D eigenvalue weighted by atomic mass is 10.4. The van der Waals surface area contributed by atoms with E-state index < -0.39 is 0 Å². The van der Waals surface area contributed by atoms with Gasteiger partial charge in [-0.3, -0.25) is 0 Å². The van der Waals surface area contributed by atoms with Crippen LogP contribution in [0.2, 0.25) is 0 Å². The monoisotopic (exact) mass is 133 g/mol. The van der Waals surface area contributed by atoms with Gasteiger partial charge in [-0.05, 0) is 12.8 Å². The minimum absolute atomic E-state index is 0.154. The zero-order chi connectivity index (χ0) is 7.11. The summed E-state index contributed by atoms with van der Waals surface area (Å²) < 4.78 is 0. The van der Waals surface area contributed by atoms with E-state index in [0.717, 1.165) is 6.42 Å². The molecule has 0 unspecified atom stereocenters. The van der Waals surface area contributed by atoms with E-state index >= 15 is 0 Å². The van der Waals surface area contributed by atoms with Crippen LogP contribution in [0.1, 0.15) is 19.8 Å². The number of nitrogens with zero attached hydrogens (tertiary/aromatic N) is 1. The summed E-state index contributed by atoms with van der Waals surface area (Å²) in [5, 5.41) is 18.5. The summed E-state index contributed by atoms with van der Waals surface area (Å²) in [4.78, 5) is 0. The highest BCUT2D eigenvalue weighted by molar-refractivity contribution is 4.42. The van der Waals surface area contributed by atoms with Gasteiger partial charge in [-0.15, -0.1) is 0 Å². The molecule has 0 aliphatic rings. The summed E-state index contributed by atoms with van der Waals surface area (Å²) in [6, 6.07) is 0. The quantitative estimate of drug-likeness (QED) is 0.536. The number of rotatable bonds is 5. The summed E-state index contributed by atoms with van der Waals surface area (Å²) >= 11 is 0. The van der Waals surface area contributed by atoms with Gasteiger partial charge in [-0.2, -0.15) is 5.06 Å². The average Bonchev–Trinajstić information content (AvgIpc) is 1.85. The third-order valence-corrected chi connectivity index (χ3v) is 1.06. The Labute approximate surface area is 55.9 Å². The second-order valence-electron chi connectivity index (χ2n) is 2.03. The minimum atomic E-state index is 0.154. The van der Waals surface area contributed by atoms with E-state index in [0.29, 0.717) is 19.5 Å². The third-order valence-electron chi connectivity index (χ3n) is 1.06. The van der Waals surface area contributed by atoms with Gasteiger partial charge >= 0.3 is 0 Å². The van der Waals surface area contributed by atoms with Crippen molar-refractivity contribution in [3.8, 4) is 0 Å². The largest absolute Gasteiger partial charge is 0.396 e. The molecule has 0 aromatic carbocycles. The molecule has 0 fully saturated rings. The lowest BCUT2D eigenvalue weighted by Gasteiger charge is -2.11. The van der Waals surface area contributed by atoms with Crippen LogP contribution >= 0.6 is 0 Å². The van der Waals surface area contributed by atoms with Crippen LogP contribution in [-0.2, 0) is 0 Å². The van der Waals surface area contributed by atoms with Crippen LogP contribution < -0.4 is 0 Å². The fourth-order valence-electron chi connectivity index (χ4n) is 0.623. The van der Waals surface area contributed by atoms with Gasteiger partial charge in [0.05, 0.1) is 0 Å². The Morgan fingerprint density at radius 3 is 2.44 bits per heavy atom. The van der Waals surface area contributed by atoms with Crippen molar-refractivity contribution in [2.75, 3.05) is 19.7 Å². The van der Waals surface area contributed by atoms with Gasteiger partial charge in [0.2, 0.25) is 0 Å². The molecule has 9 heavy (non-hydrogen) atoms. The molecule has 0 spiro atoms. The van der Waals surface area contributed by atoms with Crippen LogP contribution in [0.15, 0.2) is 0 Å². The van der Waals surface area contributed by atoms with Gasteiger partial charge in [0.1, 0.15) is 0 Å². The molecule has 0 atom stereocenters. The van der Waals surface area contributed by atoms with E-state index in [-0.39, 0.29) is 6.61 Å².